The fourth-order valence-corrected chi connectivity index (χ4v) is 2.79. The first-order valence-electron chi connectivity index (χ1n) is 9.09. The lowest BCUT2D eigenvalue weighted by atomic mass is 10.2. The van der Waals surface area contributed by atoms with E-state index in [0.29, 0.717) is 9.80 Å². The van der Waals surface area contributed by atoms with Gasteiger partial charge in [-0.15, -0.1) is 0 Å². The third kappa shape index (κ3) is 8.99. The van der Waals surface area contributed by atoms with Gasteiger partial charge in [-0.25, -0.2) is 9.59 Å². The van der Waals surface area contributed by atoms with Gasteiger partial charge in [-0.1, -0.05) is 0 Å². The molecular formula is C17H22N2O14. The molecule has 2 rings (SSSR count). The van der Waals surface area contributed by atoms with Gasteiger partial charge in [0.1, 0.15) is 18.9 Å². The van der Waals surface area contributed by atoms with Crippen molar-refractivity contribution >= 4 is 47.5 Å². The first kappa shape index (κ1) is 29.1. The molecule has 2 atom stereocenters. The van der Waals surface area contributed by atoms with Crippen molar-refractivity contribution in [2.24, 2.45) is 0 Å². The quantitative estimate of drug-likeness (QED) is 0.150. The van der Waals surface area contributed by atoms with E-state index in [9.17, 15) is 38.4 Å². The van der Waals surface area contributed by atoms with Crippen molar-refractivity contribution in [3.8, 4) is 0 Å². The molecule has 6 N–H and O–H groups in total. The Balaban J connectivity index is 0.000000555. The molecule has 0 radical (unpaired) electrons. The first-order valence-corrected chi connectivity index (χ1v) is 9.09. The minimum atomic E-state index is -1.59. The molecule has 33 heavy (non-hydrogen) atoms. The highest BCUT2D eigenvalue weighted by Gasteiger charge is 2.40. The van der Waals surface area contributed by atoms with Crippen molar-refractivity contribution in [2.75, 3.05) is 6.79 Å². The number of carboxylic acid groups (broad SMARTS) is 4. The van der Waals surface area contributed by atoms with Crippen LogP contribution in [0.15, 0.2) is 0 Å². The van der Waals surface area contributed by atoms with Crippen molar-refractivity contribution in [1.29, 1.82) is 0 Å². The average Bonchev–Trinajstić information content (AvgIpc) is 3.19. The Labute approximate surface area is 184 Å². The van der Waals surface area contributed by atoms with E-state index in [1.165, 1.54) is 0 Å². The van der Waals surface area contributed by atoms with Crippen molar-refractivity contribution in [1.82, 2.24) is 9.80 Å². The zero-order valence-electron chi connectivity index (χ0n) is 16.9. The number of hydrogen-bond acceptors (Lipinski definition) is 10. The number of aliphatic carboxylic acids is 4. The molecule has 2 heterocycles. The van der Waals surface area contributed by atoms with E-state index in [0.717, 1.165) is 0 Å². The number of carbonyl (C=O) groups excluding carboxylic acids is 4. The molecule has 184 valence electrons. The number of imide groups is 2. The van der Waals surface area contributed by atoms with E-state index in [4.69, 9.17) is 30.6 Å². The van der Waals surface area contributed by atoms with Crippen molar-refractivity contribution in [2.45, 2.75) is 50.6 Å². The number of amides is 4. The van der Waals surface area contributed by atoms with Crippen LogP contribution in [0.5, 0.6) is 0 Å². The molecule has 0 aliphatic carbocycles. The second-order valence-corrected chi connectivity index (χ2v) is 6.36. The standard InChI is InChI=1S/2C8H9NO6.CH4O2/c2*10-5-1-2-6(11)9(5)4(8(14)15)3-7(12)13;2-1-3/h2*4H,1-3H2,(H,12,13)(H,14,15);2-3H,1H2. The highest BCUT2D eigenvalue weighted by molar-refractivity contribution is 6.06. The topological polar surface area (TPSA) is 264 Å². The summed E-state index contributed by atoms with van der Waals surface area (Å²) in [4.78, 5) is 87.8. The normalized spacial score (nSPS) is 16.9. The van der Waals surface area contributed by atoms with Crippen LogP contribution < -0.4 is 0 Å². The van der Waals surface area contributed by atoms with Gasteiger partial charge in [0, 0.05) is 25.7 Å². The molecule has 2 unspecified atom stereocenters. The Hall–Kier alpha value is -3.92. The lowest BCUT2D eigenvalue weighted by Crippen LogP contribution is -2.45. The summed E-state index contributed by atoms with van der Waals surface area (Å²) in [5, 5.41) is 48.6. The minimum absolute atomic E-state index is 0.0533. The summed E-state index contributed by atoms with van der Waals surface area (Å²) in [6, 6.07) is -3.19. The molecule has 2 fully saturated rings. The zero-order valence-corrected chi connectivity index (χ0v) is 16.9. The molecular weight excluding hydrogens is 456 g/mol. The number of rotatable bonds is 8. The molecule has 0 bridgehead atoms. The van der Waals surface area contributed by atoms with Gasteiger partial charge < -0.3 is 30.6 Å². The Morgan fingerprint density at radius 3 is 0.970 bits per heavy atom. The summed E-state index contributed by atoms with van der Waals surface area (Å²) in [5.74, 6) is -8.23. The van der Waals surface area contributed by atoms with Gasteiger partial charge in [-0.05, 0) is 0 Å². The van der Waals surface area contributed by atoms with E-state index in [1.54, 1.807) is 0 Å². The molecule has 0 spiro atoms. The van der Waals surface area contributed by atoms with Crippen molar-refractivity contribution < 1.29 is 69.0 Å². The third-order valence-corrected chi connectivity index (χ3v) is 4.11. The second kappa shape index (κ2) is 13.5. The van der Waals surface area contributed by atoms with Crippen LogP contribution in [-0.4, -0.2) is 107 Å². The molecule has 0 saturated carbocycles. The number of nitrogens with zero attached hydrogens (tertiary/aromatic N) is 2. The maximum atomic E-state index is 11.2. The van der Waals surface area contributed by atoms with Crippen LogP contribution >= 0.6 is 0 Å². The number of aliphatic hydroxyl groups is 2. The number of likely N-dealkylation sites (tertiary alicyclic amines) is 2. The predicted molar refractivity (Wildman–Crippen MR) is 98.8 cm³/mol. The smallest absolute Gasteiger partial charge is 0.327 e. The molecule has 0 aromatic rings. The van der Waals surface area contributed by atoms with Crippen LogP contribution in [-0.2, 0) is 38.4 Å². The van der Waals surface area contributed by atoms with E-state index in [-0.39, 0.29) is 25.7 Å². The van der Waals surface area contributed by atoms with Crippen molar-refractivity contribution in [3.63, 3.8) is 0 Å². The predicted octanol–water partition coefficient (Wildman–Crippen LogP) is -2.94. The third-order valence-electron chi connectivity index (χ3n) is 4.11. The van der Waals surface area contributed by atoms with E-state index in [1.807, 2.05) is 0 Å². The minimum Gasteiger partial charge on any atom is -0.481 e. The van der Waals surface area contributed by atoms with Gasteiger partial charge in [0.25, 0.3) is 0 Å². The van der Waals surface area contributed by atoms with Crippen LogP contribution in [0.3, 0.4) is 0 Å². The van der Waals surface area contributed by atoms with Crippen LogP contribution in [0.1, 0.15) is 38.5 Å². The van der Waals surface area contributed by atoms with Gasteiger partial charge in [-0.2, -0.15) is 0 Å². The van der Waals surface area contributed by atoms with Gasteiger partial charge in [0.15, 0.2) is 0 Å². The second-order valence-electron chi connectivity index (χ2n) is 6.36. The van der Waals surface area contributed by atoms with E-state index in [2.05, 4.69) is 0 Å². The molecule has 4 amide bonds. The molecule has 0 aromatic heterocycles. The molecule has 16 nitrogen and oxygen atoms in total. The molecule has 16 heteroatoms. The highest BCUT2D eigenvalue weighted by Crippen LogP contribution is 2.18. The Bertz CT molecular complexity index is 725. The Kier molecular flexibility index (Phi) is 11.9. The summed E-state index contributed by atoms with van der Waals surface area (Å²) in [6.07, 6.45) is -1.76. The van der Waals surface area contributed by atoms with Crippen LogP contribution in [0.25, 0.3) is 0 Å². The summed E-state index contributed by atoms with van der Waals surface area (Å²) in [7, 11) is 0. The number of aliphatic hydroxyl groups excluding tert-OH is 1. The average molecular weight is 478 g/mol. The number of carbonyl (C=O) groups is 8. The lowest BCUT2D eigenvalue weighted by molar-refractivity contribution is -0.157. The summed E-state index contributed by atoms with van der Waals surface area (Å²) < 4.78 is 0. The Morgan fingerprint density at radius 1 is 0.606 bits per heavy atom. The van der Waals surface area contributed by atoms with Crippen LogP contribution in [0.2, 0.25) is 0 Å². The number of hydrogen-bond donors (Lipinski definition) is 6. The molecule has 2 aliphatic rings. The van der Waals surface area contributed by atoms with E-state index >= 15 is 0 Å². The largest absolute Gasteiger partial charge is 0.481 e. The SMILES string of the molecule is O=C(O)CC(C(=O)O)N1C(=O)CCC1=O.O=C(O)CC(C(=O)O)N1C(=O)CCC1=O.OCO. The van der Waals surface area contributed by atoms with Gasteiger partial charge in [-0.3, -0.25) is 38.6 Å². The first-order chi connectivity index (χ1) is 15.3. The highest BCUT2D eigenvalue weighted by atomic mass is 16.5. The van der Waals surface area contributed by atoms with E-state index < -0.39 is 79.2 Å². The van der Waals surface area contributed by atoms with Gasteiger partial charge >= 0.3 is 23.9 Å². The van der Waals surface area contributed by atoms with Gasteiger partial charge in [0.05, 0.1) is 12.8 Å². The summed E-state index contributed by atoms with van der Waals surface area (Å²) in [5.41, 5.74) is 0. The summed E-state index contributed by atoms with van der Waals surface area (Å²) in [6.45, 7) is -0.750. The van der Waals surface area contributed by atoms with Crippen LogP contribution in [0.4, 0.5) is 0 Å². The molecule has 2 saturated heterocycles. The van der Waals surface area contributed by atoms with Crippen molar-refractivity contribution in [3.05, 3.63) is 0 Å². The summed E-state index contributed by atoms with van der Waals surface area (Å²) >= 11 is 0. The maximum Gasteiger partial charge on any atom is 0.327 e. The van der Waals surface area contributed by atoms with Gasteiger partial charge in [0.2, 0.25) is 23.6 Å². The maximum absolute atomic E-state index is 11.2. The molecule has 2 aliphatic heterocycles. The van der Waals surface area contributed by atoms with Crippen LogP contribution in [0, 0.1) is 0 Å². The zero-order chi connectivity index (χ0) is 25.9. The lowest BCUT2D eigenvalue weighted by Gasteiger charge is -2.20. The molecule has 0 aromatic carbocycles. The fourth-order valence-electron chi connectivity index (χ4n) is 2.79. The number of carboxylic acids is 4. The monoisotopic (exact) mass is 478 g/mol. The Morgan fingerprint density at radius 2 is 0.818 bits per heavy atom. The fraction of sp³-hybridized carbons (Fsp3) is 0.529.